The topological polar surface area (TPSA) is 74.2 Å². The van der Waals surface area contributed by atoms with Gasteiger partial charge in [-0.3, -0.25) is 9.78 Å². The van der Waals surface area contributed by atoms with E-state index >= 15 is 0 Å². The summed E-state index contributed by atoms with van der Waals surface area (Å²) in [5, 5.41) is 16.3. The van der Waals surface area contributed by atoms with Gasteiger partial charge in [0, 0.05) is 35.8 Å². The molecule has 0 aliphatic carbocycles. The van der Waals surface area contributed by atoms with Crippen LogP contribution in [0.1, 0.15) is 33.2 Å². The summed E-state index contributed by atoms with van der Waals surface area (Å²) in [6.45, 7) is 3.17. The molecule has 0 fully saturated rings. The summed E-state index contributed by atoms with van der Waals surface area (Å²) in [4.78, 5) is 16.4. The summed E-state index contributed by atoms with van der Waals surface area (Å²) < 4.78 is 0. The maximum atomic E-state index is 12.4. The molecule has 1 aromatic heterocycles. The van der Waals surface area contributed by atoms with Crippen LogP contribution in [0.4, 0.5) is 5.69 Å². The third-order valence-electron chi connectivity index (χ3n) is 4.60. The predicted octanol–water partition coefficient (Wildman–Crippen LogP) is 3.51. The summed E-state index contributed by atoms with van der Waals surface area (Å²) in [7, 11) is 0. The molecule has 2 aromatic carbocycles. The van der Waals surface area contributed by atoms with Crippen LogP contribution in [-0.4, -0.2) is 29.1 Å². The maximum Gasteiger partial charge on any atom is 0.255 e. The minimum Gasteiger partial charge on any atom is -0.387 e. The summed E-state index contributed by atoms with van der Waals surface area (Å²) in [6, 6.07) is 19.1. The number of aryl methyl sites for hydroxylation is 1. The molecule has 0 spiro atoms. The van der Waals surface area contributed by atoms with Gasteiger partial charge in [-0.05, 0) is 55.3 Å². The van der Waals surface area contributed by atoms with Crippen molar-refractivity contribution >= 4 is 11.6 Å². The second-order valence-corrected chi connectivity index (χ2v) is 6.72. The second kappa shape index (κ2) is 9.78. The molecule has 0 saturated carbocycles. The molecule has 0 radical (unpaired) electrons. The molecule has 0 aliphatic heterocycles. The van der Waals surface area contributed by atoms with Gasteiger partial charge in [0.1, 0.15) is 0 Å². The number of carbonyl (C=O) groups is 1. The van der Waals surface area contributed by atoms with E-state index in [0.717, 1.165) is 35.3 Å². The lowest BCUT2D eigenvalue weighted by molar-refractivity contribution is 0.102. The molecule has 144 valence electrons. The fourth-order valence-electron chi connectivity index (χ4n) is 2.94. The highest BCUT2D eigenvalue weighted by atomic mass is 16.3. The van der Waals surface area contributed by atoms with E-state index in [2.05, 4.69) is 15.6 Å². The van der Waals surface area contributed by atoms with E-state index in [9.17, 15) is 9.90 Å². The molecular weight excluding hydrogens is 350 g/mol. The molecule has 1 atom stereocenters. The van der Waals surface area contributed by atoms with Crippen LogP contribution in [0.25, 0.3) is 0 Å². The van der Waals surface area contributed by atoms with Crippen molar-refractivity contribution < 1.29 is 9.90 Å². The number of nitrogens with zero attached hydrogens (tertiary/aromatic N) is 1. The standard InChI is InChI=1S/C23H25N3O2/c1-17-5-2-3-7-21(17)23(28)26-20-10-8-18(9-11-20)12-14-25-16-22(27)19-6-4-13-24-15-19/h2-11,13,15,22,25,27H,12,14,16H2,1H3,(H,26,28)/t22-/m0/s1. The number of rotatable bonds is 8. The number of amides is 1. The van der Waals surface area contributed by atoms with Crippen LogP contribution >= 0.6 is 0 Å². The number of benzene rings is 2. The fourth-order valence-corrected chi connectivity index (χ4v) is 2.94. The molecular formula is C23H25N3O2. The SMILES string of the molecule is Cc1ccccc1C(=O)Nc1ccc(CCNC[C@H](O)c2cccnc2)cc1. The van der Waals surface area contributed by atoms with Crippen molar-refractivity contribution in [1.82, 2.24) is 10.3 Å². The lowest BCUT2D eigenvalue weighted by Crippen LogP contribution is -2.23. The number of aromatic nitrogens is 1. The zero-order valence-corrected chi connectivity index (χ0v) is 15.9. The molecule has 0 aliphatic rings. The zero-order chi connectivity index (χ0) is 19.8. The van der Waals surface area contributed by atoms with Gasteiger partial charge < -0.3 is 15.7 Å². The quantitative estimate of drug-likeness (QED) is 0.527. The first-order valence-corrected chi connectivity index (χ1v) is 9.38. The molecule has 3 rings (SSSR count). The number of pyridine rings is 1. The Kier molecular flexibility index (Phi) is 6.89. The minimum atomic E-state index is -0.562. The Bertz CT molecular complexity index is 895. The zero-order valence-electron chi connectivity index (χ0n) is 15.9. The molecule has 3 N–H and O–H groups in total. The number of aliphatic hydroxyl groups is 1. The number of hydrogen-bond acceptors (Lipinski definition) is 4. The third-order valence-corrected chi connectivity index (χ3v) is 4.60. The smallest absolute Gasteiger partial charge is 0.255 e. The van der Waals surface area contributed by atoms with Crippen LogP contribution < -0.4 is 10.6 Å². The Labute approximate surface area is 165 Å². The Morgan fingerprint density at radius 2 is 1.86 bits per heavy atom. The highest BCUT2D eigenvalue weighted by molar-refractivity contribution is 6.05. The minimum absolute atomic E-state index is 0.100. The molecule has 5 nitrogen and oxygen atoms in total. The first-order valence-electron chi connectivity index (χ1n) is 9.38. The van der Waals surface area contributed by atoms with E-state index in [1.165, 1.54) is 0 Å². The van der Waals surface area contributed by atoms with Crippen molar-refractivity contribution in [1.29, 1.82) is 0 Å². The first kappa shape index (κ1) is 19.7. The van der Waals surface area contributed by atoms with Crippen molar-refractivity contribution in [2.75, 3.05) is 18.4 Å². The van der Waals surface area contributed by atoms with Crippen molar-refractivity contribution in [2.24, 2.45) is 0 Å². The molecule has 3 aromatic rings. The summed E-state index contributed by atoms with van der Waals surface area (Å²) in [6.07, 6.45) is 3.64. The Hall–Kier alpha value is -3.02. The number of aliphatic hydroxyl groups excluding tert-OH is 1. The van der Waals surface area contributed by atoms with Gasteiger partial charge in [0.15, 0.2) is 0 Å². The largest absolute Gasteiger partial charge is 0.387 e. The predicted molar refractivity (Wildman–Crippen MR) is 111 cm³/mol. The van der Waals surface area contributed by atoms with Gasteiger partial charge in [-0.15, -0.1) is 0 Å². The Balaban J connectivity index is 1.44. The molecule has 1 amide bonds. The number of nitrogens with one attached hydrogen (secondary N) is 2. The molecule has 28 heavy (non-hydrogen) atoms. The van der Waals surface area contributed by atoms with Crippen molar-refractivity contribution in [2.45, 2.75) is 19.4 Å². The lowest BCUT2D eigenvalue weighted by atomic mass is 10.1. The van der Waals surface area contributed by atoms with E-state index in [4.69, 9.17) is 0 Å². The van der Waals surface area contributed by atoms with Gasteiger partial charge in [-0.2, -0.15) is 0 Å². The molecule has 0 bridgehead atoms. The van der Waals surface area contributed by atoms with E-state index < -0.39 is 6.10 Å². The summed E-state index contributed by atoms with van der Waals surface area (Å²) in [5.41, 5.74) is 4.39. The molecule has 0 saturated heterocycles. The summed E-state index contributed by atoms with van der Waals surface area (Å²) >= 11 is 0. The van der Waals surface area contributed by atoms with Gasteiger partial charge in [0.25, 0.3) is 5.91 Å². The first-order chi connectivity index (χ1) is 13.6. The normalized spacial score (nSPS) is 11.8. The van der Waals surface area contributed by atoms with Crippen LogP contribution in [0, 0.1) is 6.92 Å². The van der Waals surface area contributed by atoms with Crippen molar-refractivity contribution in [3.8, 4) is 0 Å². The highest BCUT2D eigenvalue weighted by Gasteiger charge is 2.09. The average Bonchev–Trinajstić information content (AvgIpc) is 2.73. The van der Waals surface area contributed by atoms with Crippen LogP contribution in [0.15, 0.2) is 73.1 Å². The van der Waals surface area contributed by atoms with Gasteiger partial charge in [0.2, 0.25) is 0 Å². The van der Waals surface area contributed by atoms with Crippen LogP contribution in [0.5, 0.6) is 0 Å². The fraction of sp³-hybridized carbons (Fsp3) is 0.217. The lowest BCUT2D eigenvalue weighted by Gasteiger charge is -2.12. The molecule has 1 heterocycles. The number of anilines is 1. The maximum absolute atomic E-state index is 12.4. The monoisotopic (exact) mass is 375 g/mol. The van der Waals surface area contributed by atoms with E-state index in [1.54, 1.807) is 12.4 Å². The molecule has 0 unspecified atom stereocenters. The van der Waals surface area contributed by atoms with Crippen LogP contribution in [0.2, 0.25) is 0 Å². The summed E-state index contributed by atoms with van der Waals surface area (Å²) in [5.74, 6) is -0.100. The van der Waals surface area contributed by atoms with E-state index in [1.807, 2.05) is 67.6 Å². The second-order valence-electron chi connectivity index (χ2n) is 6.72. The van der Waals surface area contributed by atoms with Gasteiger partial charge >= 0.3 is 0 Å². The Morgan fingerprint density at radius 3 is 2.57 bits per heavy atom. The average molecular weight is 375 g/mol. The highest BCUT2D eigenvalue weighted by Crippen LogP contribution is 2.14. The van der Waals surface area contributed by atoms with Crippen molar-refractivity contribution in [3.63, 3.8) is 0 Å². The van der Waals surface area contributed by atoms with Crippen LogP contribution in [0.3, 0.4) is 0 Å². The molecule has 5 heteroatoms. The third kappa shape index (κ3) is 5.49. The van der Waals surface area contributed by atoms with E-state index in [-0.39, 0.29) is 5.91 Å². The van der Waals surface area contributed by atoms with Crippen molar-refractivity contribution in [3.05, 3.63) is 95.3 Å². The van der Waals surface area contributed by atoms with Gasteiger partial charge in [-0.1, -0.05) is 36.4 Å². The van der Waals surface area contributed by atoms with Gasteiger partial charge in [-0.25, -0.2) is 0 Å². The van der Waals surface area contributed by atoms with Crippen LogP contribution in [-0.2, 0) is 6.42 Å². The number of carbonyl (C=O) groups excluding carboxylic acids is 1. The Morgan fingerprint density at radius 1 is 1.07 bits per heavy atom. The van der Waals surface area contributed by atoms with Gasteiger partial charge in [0.05, 0.1) is 6.10 Å². The van der Waals surface area contributed by atoms with E-state index in [0.29, 0.717) is 12.1 Å². The number of hydrogen-bond donors (Lipinski definition) is 3.